The lowest BCUT2D eigenvalue weighted by atomic mass is 9.95. The summed E-state index contributed by atoms with van der Waals surface area (Å²) in [6.07, 6.45) is 8.32. The summed E-state index contributed by atoms with van der Waals surface area (Å²) < 4.78 is 8.66. The van der Waals surface area contributed by atoms with E-state index in [1.807, 2.05) is 24.3 Å². The molecule has 1 saturated carbocycles. The van der Waals surface area contributed by atoms with Crippen LogP contribution >= 0.6 is 0 Å². The highest BCUT2D eigenvalue weighted by Gasteiger charge is 2.26. The third kappa shape index (κ3) is 3.05. The van der Waals surface area contributed by atoms with Crippen molar-refractivity contribution >= 4 is 22.5 Å². The van der Waals surface area contributed by atoms with Gasteiger partial charge in [-0.25, -0.2) is 4.68 Å². The summed E-state index contributed by atoms with van der Waals surface area (Å²) in [5.74, 6) is 0.630. The SMILES string of the molecule is CCc1nn(C(CC)C(=O)NC2CCCCC2)c(=O)c2cc3occc3n12. The summed E-state index contributed by atoms with van der Waals surface area (Å²) in [5, 5.41) is 7.71. The van der Waals surface area contributed by atoms with Gasteiger partial charge >= 0.3 is 0 Å². The van der Waals surface area contributed by atoms with Crippen LogP contribution in [0.2, 0.25) is 0 Å². The second-order valence-electron chi connectivity index (χ2n) is 7.32. The van der Waals surface area contributed by atoms with Crippen LogP contribution in [0.3, 0.4) is 0 Å². The maximum Gasteiger partial charge on any atom is 0.291 e. The van der Waals surface area contributed by atoms with Crippen LogP contribution in [0.25, 0.3) is 16.6 Å². The Morgan fingerprint density at radius 3 is 2.78 bits per heavy atom. The van der Waals surface area contributed by atoms with E-state index in [4.69, 9.17) is 4.42 Å². The predicted octanol–water partition coefficient (Wildman–Crippen LogP) is 3.20. The van der Waals surface area contributed by atoms with Crippen molar-refractivity contribution < 1.29 is 9.21 Å². The summed E-state index contributed by atoms with van der Waals surface area (Å²) in [6.45, 7) is 3.91. The fraction of sp³-hybridized carbons (Fsp3) is 0.550. The van der Waals surface area contributed by atoms with E-state index in [0.29, 0.717) is 23.9 Å². The molecule has 7 nitrogen and oxygen atoms in total. The first-order valence-electron chi connectivity index (χ1n) is 9.94. The Hall–Kier alpha value is -2.57. The van der Waals surface area contributed by atoms with Gasteiger partial charge in [-0.1, -0.05) is 33.1 Å². The molecule has 0 radical (unpaired) electrons. The van der Waals surface area contributed by atoms with Crippen LogP contribution in [0.1, 0.15) is 64.2 Å². The molecule has 27 heavy (non-hydrogen) atoms. The molecule has 1 atom stereocenters. The number of rotatable bonds is 5. The lowest BCUT2D eigenvalue weighted by molar-refractivity contribution is -0.125. The van der Waals surface area contributed by atoms with Crippen molar-refractivity contribution in [2.45, 2.75) is 70.9 Å². The average molecular weight is 370 g/mol. The van der Waals surface area contributed by atoms with Crippen molar-refractivity contribution in [2.75, 3.05) is 0 Å². The first kappa shape index (κ1) is 17.8. The number of fused-ring (bicyclic) bond motifs is 3. The molecule has 1 aliphatic rings. The number of carbonyl (C=O) groups is 1. The Bertz CT molecular complexity index is 1020. The van der Waals surface area contributed by atoms with Crippen molar-refractivity contribution in [1.29, 1.82) is 0 Å². The van der Waals surface area contributed by atoms with E-state index in [1.165, 1.54) is 11.1 Å². The van der Waals surface area contributed by atoms with Crippen molar-refractivity contribution in [1.82, 2.24) is 19.5 Å². The van der Waals surface area contributed by atoms with E-state index in [-0.39, 0.29) is 17.5 Å². The van der Waals surface area contributed by atoms with Gasteiger partial charge in [0.05, 0.1) is 11.8 Å². The van der Waals surface area contributed by atoms with E-state index in [9.17, 15) is 9.59 Å². The number of hydrogen-bond donors (Lipinski definition) is 1. The van der Waals surface area contributed by atoms with Gasteiger partial charge in [0, 0.05) is 24.6 Å². The van der Waals surface area contributed by atoms with Gasteiger partial charge in [0.25, 0.3) is 5.56 Å². The Balaban J connectivity index is 1.75. The van der Waals surface area contributed by atoms with Gasteiger partial charge in [-0.05, 0) is 19.3 Å². The number of aryl methyl sites for hydroxylation is 1. The molecular formula is C20H26N4O3. The minimum Gasteiger partial charge on any atom is -0.463 e. The van der Waals surface area contributed by atoms with Gasteiger partial charge in [0.15, 0.2) is 5.58 Å². The number of nitrogens with zero attached hydrogens (tertiary/aromatic N) is 3. The molecule has 144 valence electrons. The Labute approximate surface area is 157 Å². The second-order valence-corrected chi connectivity index (χ2v) is 7.32. The Morgan fingerprint density at radius 1 is 1.30 bits per heavy atom. The molecule has 0 aliphatic heterocycles. The summed E-state index contributed by atoms with van der Waals surface area (Å²) in [7, 11) is 0. The second kappa shape index (κ2) is 7.21. The van der Waals surface area contributed by atoms with Gasteiger partial charge < -0.3 is 9.73 Å². The van der Waals surface area contributed by atoms with Gasteiger partial charge in [-0.15, -0.1) is 0 Å². The Morgan fingerprint density at radius 2 is 2.07 bits per heavy atom. The lowest BCUT2D eigenvalue weighted by Crippen LogP contribution is -2.44. The smallest absolute Gasteiger partial charge is 0.291 e. The van der Waals surface area contributed by atoms with E-state index in [0.717, 1.165) is 37.0 Å². The minimum atomic E-state index is -0.601. The third-order valence-corrected chi connectivity index (χ3v) is 5.58. The Kier molecular flexibility index (Phi) is 4.76. The maximum absolute atomic E-state index is 13.1. The van der Waals surface area contributed by atoms with E-state index < -0.39 is 6.04 Å². The molecule has 3 heterocycles. The number of nitrogens with one attached hydrogen (secondary N) is 1. The van der Waals surface area contributed by atoms with Crippen LogP contribution in [0.4, 0.5) is 0 Å². The highest BCUT2D eigenvalue weighted by Crippen LogP contribution is 2.22. The molecule has 0 aromatic carbocycles. The molecule has 3 aromatic rings. The normalized spacial score (nSPS) is 16.8. The first-order valence-corrected chi connectivity index (χ1v) is 9.94. The molecule has 1 N–H and O–H groups in total. The fourth-order valence-corrected chi connectivity index (χ4v) is 4.15. The van der Waals surface area contributed by atoms with E-state index in [1.54, 1.807) is 12.3 Å². The molecule has 0 bridgehead atoms. The molecule has 0 saturated heterocycles. The first-order chi connectivity index (χ1) is 13.1. The maximum atomic E-state index is 13.1. The monoisotopic (exact) mass is 370 g/mol. The number of amides is 1. The third-order valence-electron chi connectivity index (χ3n) is 5.58. The topological polar surface area (TPSA) is 81.5 Å². The minimum absolute atomic E-state index is 0.111. The van der Waals surface area contributed by atoms with Gasteiger partial charge in [-0.3, -0.25) is 14.0 Å². The zero-order valence-corrected chi connectivity index (χ0v) is 15.9. The average Bonchev–Trinajstić information content (AvgIpc) is 3.27. The van der Waals surface area contributed by atoms with Crippen LogP contribution in [-0.2, 0) is 11.2 Å². The predicted molar refractivity (Wildman–Crippen MR) is 103 cm³/mol. The number of aromatic nitrogens is 3. The van der Waals surface area contributed by atoms with Crippen LogP contribution in [0, 0.1) is 0 Å². The lowest BCUT2D eigenvalue weighted by Gasteiger charge is -2.25. The number of furan rings is 1. The van der Waals surface area contributed by atoms with Crippen molar-refractivity contribution in [3.8, 4) is 0 Å². The van der Waals surface area contributed by atoms with E-state index >= 15 is 0 Å². The summed E-state index contributed by atoms with van der Waals surface area (Å²) in [4.78, 5) is 26.0. The van der Waals surface area contributed by atoms with Crippen LogP contribution in [0.5, 0.6) is 0 Å². The van der Waals surface area contributed by atoms with Crippen LogP contribution in [0.15, 0.2) is 27.6 Å². The zero-order valence-electron chi connectivity index (χ0n) is 15.9. The van der Waals surface area contributed by atoms with Crippen molar-refractivity contribution in [3.63, 3.8) is 0 Å². The molecule has 7 heteroatoms. The molecular weight excluding hydrogens is 344 g/mol. The number of carbonyl (C=O) groups excluding carboxylic acids is 1. The summed E-state index contributed by atoms with van der Waals surface area (Å²) in [5.41, 5.74) is 1.73. The molecule has 1 amide bonds. The largest absolute Gasteiger partial charge is 0.463 e. The van der Waals surface area contributed by atoms with Crippen LogP contribution < -0.4 is 10.9 Å². The molecule has 1 aliphatic carbocycles. The van der Waals surface area contributed by atoms with Gasteiger partial charge in [-0.2, -0.15) is 5.10 Å². The summed E-state index contributed by atoms with van der Waals surface area (Å²) >= 11 is 0. The molecule has 4 rings (SSSR count). The standard InChI is InChI=1S/C20H26N4O3/c1-3-14(19(25)21-13-8-6-5-7-9-13)24-20(26)16-12-17-15(10-11-27-17)23(16)18(4-2)22-24/h10-14H,3-9H2,1-2H3,(H,21,25). The van der Waals surface area contributed by atoms with Gasteiger partial charge in [0.2, 0.25) is 5.91 Å². The molecule has 1 fully saturated rings. The fourth-order valence-electron chi connectivity index (χ4n) is 4.15. The molecule has 3 aromatic heterocycles. The van der Waals surface area contributed by atoms with Crippen molar-refractivity contribution in [3.05, 3.63) is 34.6 Å². The quantitative estimate of drug-likeness (QED) is 0.748. The molecule has 0 spiro atoms. The highest BCUT2D eigenvalue weighted by atomic mass is 16.3. The summed E-state index contributed by atoms with van der Waals surface area (Å²) in [6, 6.07) is 3.18. The van der Waals surface area contributed by atoms with E-state index in [2.05, 4.69) is 10.4 Å². The highest BCUT2D eigenvalue weighted by molar-refractivity contribution is 5.83. The molecule has 1 unspecified atom stereocenters. The van der Waals surface area contributed by atoms with Crippen molar-refractivity contribution in [2.24, 2.45) is 0 Å². The zero-order chi connectivity index (χ0) is 19.0. The van der Waals surface area contributed by atoms with Crippen LogP contribution in [-0.4, -0.2) is 26.1 Å². The number of hydrogen-bond acceptors (Lipinski definition) is 4. The van der Waals surface area contributed by atoms with Gasteiger partial charge in [0.1, 0.15) is 17.4 Å².